The van der Waals surface area contributed by atoms with E-state index in [1.165, 1.54) is 17.7 Å². The summed E-state index contributed by atoms with van der Waals surface area (Å²) < 4.78 is 29.0. The van der Waals surface area contributed by atoms with Crippen LogP contribution in [0.25, 0.3) is 4.96 Å². The molecule has 0 amide bonds. The second-order valence-electron chi connectivity index (χ2n) is 5.55. The van der Waals surface area contributed by atoms with Crippen LogP contribution in [-0.4, -0.2) is 29.6 Å². The van der Waals surface area contributed by atoms with E-state index in [1.54, 1.807) is 16.6 Å². The molecular formula is C15H18N4O2S2. The fourth-order valence-corrected chi connectivity index (χ4v) is 4.14. The molecule has 0 fully saturated rings. The average Bonchev–Trinajstić information content (AvgIpc) is 3.12. The van der Waals surface area contributed by atoms with Gasteiger partial charge in [0.1, 0.15) is 6.33 Å². The summed E-state index contributed by atoms with van der Waals surface area (Å²) in [6, 6.07) is 7.02. The SMILES string of the molecule is CC(C)c1ccc(S(=O)(=O)NCCc2csc3ncnn23)cc1. The molecule has 3 rings (SSSR count). The molecule has 122 valence electrons. The lowest BCUT2D eigenvalue weighted by molar-refractivity contribution is 0.581. The van der Waals surface area contributed by atoms with E-state index in [4.69, 9.17) is 0 Å². The molecule has 2 aromatic heterocycles. The number of fused-ring (bicyclic) bond motifs is 1. The molecule has 2 heterocycles. The van der Waals surface area contributed by atoms with Crippen molar-refractivity contribution in [2.45, 2.75) is 31.1 Å². The molecule has 1 N–H and O–H groups in total. The van der Waals surface area contributed by atoms with Gasteiger partial charge in [0.05, 0.1) is 10.6 Å². The standard InChI is InChI=1S/C15H18N4O2S2/c1-11(2)12-3-5-14(6-4-12)23(20,21)18-8-7-13-9-22-15-16-10-17-19(13)15/h3-6,9-11,18H,7-8H2,1-2H3. The van der Waals surface area contributed by atoms with Crippen LogP contribution in [0.15, 0.2) is 40.9 Å². The first-order valence-electron chi connectivity index (χ1n) is 7.33. The first-order valence-corrected chi connectivity index (χ1v) is 9.69. The smallest absolute Gasteiger partial charge is 0.211 e. The van der Waals surface area contributed by atoms with Gasteiger partial charge in [-0.3, -0.25) is 0 Å². The van der Waals surface area contributed by atoms with Crippen LogP contribution in [0.3, 0.4) is 0 Å². The fourth-order valence-electron chi connectivity index (χ4n) is 2.27. The summed E-state index contributed by atoms with van der Waals surface area (Å²) in [6.07, 6.45) is 2.06. The van der Waals surface area contributed by atoms with E-state index >= 15 is 0 Å². The van der Waals surface area contributed by atoms with E-state index in [0.29, 0.717) is 18.9 Å². The third-order valence-corrected chi connectivity index (χ3v) is 5.98. The number of thiazole rings is 1. The average molecular weight is 350 g/mol. The fraction of sp³-hybridized carbons (Fsp3) is 0.333. The first-order chi connectivity index (χ1) is 11.0. The second-order valence-corrected chi connectivity index (χ2v) is 8.16. The molecule has 0 radical (unpaired) electrons. The normalized spacial score (nSPS) is 12.3. The lowest BCUT2D eigenvalue weighted by atomic mass is 10.0. The Hall–Kier alpha value is -1.77. The Labute approximate surface area is 139 Å². The number of sulfonamides is 1. The quantitative estimate of drug-likeness (QED) is 0.741. The van der Waals surface area contributed by atoms with E-state index in [1.807, 2.05) is 17.5 Å². The third kappa shape index (κ3) is 3.44. The van der Waals surface area contributed by atoms with Crippen LogP contribution in [0.4, 0.5) is 0 Å². The van der Waals surface area contributed by atoms with Crippen molar-refractivity contribution in [3.63, 3.8) is 0 Å². The zero-order valence-electron chi connectivity index (χ0n) is 12.9. The number of nitrogens with zero attached hydrogens (tertiary/aromatic N) is 3. The third-order valence-electron chi connectivity index (χ3n) is 3.62. The van der Waals surface area contributed by atoms with Gasteiger partial charge in [0.15, 0.2) is 0 Å². The second kappa shape index (κ2) is 6.38. The maximum atomic E-state index is 12.3. The minimum atomic E-state index is -3.49. The summed E-state index contributed by atoms with van der Waals surface area (Å²) in [5.41, 5.74) is 2.07. The van der Waals surface area contributed by atoms with Gasteiger partial charge in [-0.05, 0) is 23.6 Å². The molecule has 0 aliphatic rings. The molecule has 0 spiro atoms. The molecule has 3 aromatic rings. The van der Waals surface area contributed by atoms with Gasteiger partial charge in [0, 0.05) is 18.3 Å². The highest BCUT2D eigenvalue weighted by molar-refractivity contribution is 7.89. The highest BCUT2D eigenvalue weighted by Gasteiger charge is 2.14. The van der Waals surface area contributed by atoms with Gasteiger partial charge in [-0.15, -0.1) is 11.3 Å². The zero-order valence-corrected chi connectivity index (χ0v) is 14.6. The minimum Gasteiger partial charge on any atom is -0.211 e. The van der Waals surface area contributed by atoms with E-state index in [2.05, 4.69) is 28.7 Å². The molecule has 1 aromatic carbocycles. The van der Waals surface area contributed by atoms with Crippen molar-refractivity contribution in [2.75, 3.05) is 6.54 Å². The van der Waals surface area contributed by atoms with Crippen molar-refractivity contribution < 1.29 is 8.42 Å². The summed E-state index contributed by atoms with van der Waals surface area (Å²) in [7, 11) is -3.49. The van der Waals surface area contributed by atoms with Crippen molar-refractivity contribution in [3.05, 3.63) is 47.2 Å². The molecule has 0 unspecified atom stereocenters. The Bertz CT molecular complexity index is 895. The Balaban J connectivity index is 1.65. The van der Waals surface area contributed by atoms with Crippen LogP contribution < -0.4 is 4.72 Å². The number of rotatable bonds is 6. The summed E-state index contributed by atoms with van der Waals surface area (Å²) >= 11 is 1.49. The van der Waals surface area contributed by atoms with Crippen LogP contribution >= 0.6 is 11.3 Å². The first kappa shape index (κ1) is 16.1. The lowest BCUT2D eigenvalue weighted by Crippen LogP contribution is -2.26. The molecule has 0 aliphatic carbocycles. The number of hydrogen-bond donors (Lipinski definition) is 1. The lowest BCUT2D eigenvalue weighted by Gasteiger charge is -2.09. The summed E-state index contributed by atoms with van der Waals surface area (Å²) in [5, 5.41) is 6.06. The molecular weight excluding hydrogens is 332 g/mol. The maximum absolute atomic E-state index is 12.3. The minimum absolute atomic E-state index is 0.290. The van der Waals surface area contributed by atoms with Crippen LogP contribution in [-0.2, 0) is 16.4 Å². The van der Waals surface area contributed by atoms with Gasteiger partial charge in [0.2, 0.25) is 15.0 Å². The Morgan fingerprint density at radius 2 is 2.00 bits per heavy atom. The van der Waals surface area contributed by atoms with Gasteiger partial charge < -0.3 is 0 Å². The topological polar surface area (TPSA) is 76.4 Å². The summed E-state index contributed by atoms with van der Waals surface area (Å²) in [6.45, 7) is 4.47. The van der Waals surface area contributed by atoms with Gasteiger partial charge in [-0.2, -0.15) is 5.10 Å². The zero-order chi connectivity index (χ0) is 16.4. The van der Waals surface area contributed by atoms with Crippen molar-refractivity contribution >= 4 is 26.3 Å². The van der Waals surface area contributed by atoms with Gasteiger partial charge >= 0.3 is 0 Å². The largest absolute Gasteiger partial charge is 0.240 e. The molecule has 0 bridgehead atoms. The summed E-state index contributed by atoms with van der Waals surface area (Å²) in [4.78, 5) is 5.20. The van der Waals surface area contributed by atoms with Crippen molar-refractivity contribution in [3.8, 4) is 0 Å². The van der Waals surface area contributed by atoms with E-state index < -0.39 is 10.0 Å². The number of benzene rings is 1. The van der Waals surface area contributed by atoms with Crippen molar-refractivity contribution in [2.24, 2.45) is 0 Å². The Kier molecular flexibility index (Phi) is 4.47. The van der Waals surface area contributed by atoms with Gasteiger partial charge in [-0.1, -0.05) is 26.0 Å². The van der Waals surface area contributed by atoms with Crippen LogP contribution in [0.2, 0.25) is 0 Å². The molecule has 0 saturated heterocycles. The van der Waals surface area contributed by atoms with Crippen LogP contribution in [0, 0.1) is 0 Å². The predicted molar refractivity (Wildman–Crippen MR) is 90.3 cm³/mol. The van der Waals surface area contributed by atoms with Crippen molar-refractivity contribution in [1.29, 1.82) is 0 Å². The number of nitrogens with one attached hydrogen (secondary N) is 1. The van der Waals surface area contributed by atoms with E-state index in [9.17, 15) is 8.42 Å². The number of aromatic nitrogens is 3. The van der Waals surface area contributed by atoms with Crippen molar-refractivity contribution in [1.82, 2.24) is 19.3 Å². The van der Waals surface area contributed by atoms with E-state index in [-0.39, 0.29) is 4.90 Å². The van der Waals surface area contributed by atoms with Crippen LogP contribution in [0.5, 0.6) is 0 Å². The molecule has 6 nitrogen and oxygen atoms in total. The van der Waals surface area contributed by atoms with E-state index in [0.717, 1.165) is 16.2 Å². The monoisotopic (exact) mass is 350 g/mol. The molecule has 8 heteroatoms. The number of hydrogen-bond acceptors (Lipinski definition) is 5. The van der Waals surface area contributed by atoms with Crippen LogP contribution in [0.1, 0.15) is 31.0 Å². The van der Waals surface area contributed by atoms with Gasteiger partial charge in [-0.25, -0.2) is 22.6 Å². The molecule has 0 atom stereocenters. The maximum Gasteiger partial charge on any atom is 0.240 e. The summed E-state index contributed by atoms with van der Waals surface area (Å²) in [5.74, 6) is 0.378. The molecule has 0 aliphatic heterocycles. The Morgan fingerprint density at radius 3 is 2.70 bits per heavy atom. The Morgan fingerprint density at radius 1 is 1.26 bits per heavy atom. The molecule has 23 heavy (non-hydrogen) atoms. The highest BCUT2D eigenvalue weighted by Crippen LogP contribution is 2.17. The molecule has 0 saturated carbocycles. The predicted octanol–water partition coefficient (Wildman–Crippen LogP) is 2.44. The van der Waals surface area contributed by atoms with Gasteiger partial charge in [0.25, 0.3) is 0 Å². The highest BCUT2D eigenvalue weighted by atomic mass is 32.2.